The first-order valence-electron chi connectivity index (χ1n) is 4.44. The molecule has 0 atom stereocenters. The van der Waals surface area contributed by atoms with Gasteiger partial charge < -0.3 is 10.0 Å². The first-order valence-corrected chi connectivity index (χ1v) is 5.24. The Kier molecular flexibility index (Phi) is 2.63. The van der Waals surface area contributed by atoms with Gasteiger partial charge in [0.1, 0.15) is 6.07 Å². The van der Waals surface area contributed by atoms with Gasteiger partial charge in [0.25, 0.3) is 0 Å². The van der Waals surface area contributed by atoms with E-state index in [0.717, 1.165) is 0 Å². The van der Waals surface area contributed by atoms with Crippen LogP contribution >= 0.6 is 15.9 Å². The molecule has 0 unspecified atom stereocenters. The van der Waals surface area contributed by atoms with Crippen molar-refractivity contribution in [2.75, 3.05) is 18.0 Å². The minimum Gasteiger partial charge on any atom is -0.389 e. The number of hydrogen-bond acceptors (Lipinski definition) is 3. The summed E-state index contributed by atoms with van der Waals surface area (Å²) >= 11 is 3.04. The summed E-state index contributed by atoms with van der Waals surface area (Å²) in [5.74, 6) is -0.444. The number of anilines is 1. The van der Waals surface area contributed by atoms with Gasteiger partial charge in [0.05, 0.1) is 21.8 Å². The van der Waals surface area contributed by atoms with E-state index in [1.807, 2.05) is 6.07 Å². The van der Waals surface area contributed by atoms with Crippen molar-refractivity contribution in [1.29, 1.82) is 5.26 Å². The van der Waals surface area contributed by atoms with Crippen LogP contribution in [0.2, 0.25) is 0 Å². The summed E-state index contributed by atoms with van der Waals surface area (Å²) in [6, 6.07) is 5.01. The molecule has 0 aliphatic carbocycles. The SMILES string of the molecule is N#Cc1ccc(N2CC(O)C2)c(F)c1Br. The molecular formula is C10H8BrFN2O. The first-order chi connectivity index (χ1) is 7.13. The topological polar surface area (TPSA) is 47.3 Å². The summed E-state index contributed by atoms with van der Waals surface area (Å²) in [7, 11) is 0. The van der Waals surface area contributed by atoms with Gasteiger partial charge >= 0.3 is 0 Å². The minimum absolute atomic E-state index is 0.184. The molecule has 1 aliphatic heterocycles. The third-order valence-electron chi connectivity index (χ3n) is 2.39. The largest absolute Gasteiger partial charge is 0.389 e. The molecule has 5 heteroatoms. The Hall–Kier alpha value is -1.12. The number of nitrogens with zero attached hydrogens (tertiary/aromatic N) is 2. The van der Waals surface area contributed by atoms with Gasteiger partial charge in [-0.3, -0.25) is 0 Å². The molecule has 15 heavy (non-hydrogen) atoms. The molecule has 1 aromatic rings. The van der Waals surface area contributed by atoms with Gasteiger partial charge in [-0.1, -0.05) is 0 Å². The molecule has 0 saturated carbocycles. The number of hydrogen-bond donors (Lipinski definition) is 1. The Morgan fingerprint density at radius 2 is 2.20 bits per heavy atom. The second-order valence-electron chi connectivity index (χ2n) is 3.43. The molecule has 2 rings (SSSR count). The maximum absolute atomic E-state index is 13.7. The summed E-state index contributed by atoms with van der Waals surface area (Å²) in [6.45, 7) is 0.879. The Morgan fingerprint density at radius 1 is 1.53 bits per heavy atom. The Morgan fingerprint density at radius 3 is 2.73 bits per heavy atom. The first kappa shape index (κ1) is 10.4. The molecule has 1 saturated heterocycles. The van der Waals surface area contributed by atoms with E-state index in [9.17, 15) is 4.39 Å². The highest BCUT2D eigenvalue weighted by Gasteiger charge is 2.27. The Bertz CT molecular complexity index is 438. The molecular weight excluding hydrogens is 263 g/mol. The third-order valence-corrected chi connectivity index (χ3v) is 3.16. The van der Waals surface area contributed by atoms with Crippen LogP contribution in [0.1, 0.15) is 5.56 Å². The molecule has 0 spiro atoms. The fourth-order valence-electron chi connectivity index (χ4n) is 1.52. The second-order valence-corrected chi connectivity index (χ2v) is 4.22. The Labute approximate surface area is 94.9 Å². The molecule has 0 aromatic heterocycles. The maximum Gasteiger partial charge on any atom is 0.161 e. The normalized spacial score (nSPS) is 16.0. The van der Waals surface area contributed by atoms with Crippen molar-refractivity contribution in [3.8, 4) is 6.07 Å². The van der Waals surface area contributed by atoms with Gasteiger partial charge in [-0.25, -0.2) is 4.39 Å². The van der Waals surface area contributed by atoms with E-state index in [1.54, 1.807) is 17.0 Å². The van der Waals surface area contributed by atoms with Crippen LogP contribution in [0.5, 0.6) is 0 Å². The minimum atomic E-state index is -0.444. The average Bonchev–Trinajstić information content (AvgIpc) is 2.18. The summed E-state index contributed by atoms with van der Waals surface area (Å²) in [5, 5.41) is 17.8. The standard InChI is InChI=1S/C10H8BrFN2O/c11-9-6(3-13)1-2-8(10(9)12)14-4-7(15)5-14/h1-2,7,15H,4-5H2. The number of benzene rings is 1. The molecule has 78 valence electrons. The van der Waals surface area contributed by atoms with Crippen LogP contribution in [0, 0.1) is 17.1 Å². The molecule has 1 aromatic carbocycles. The predicted octanol–water partition coefficient (Wildman–Crippen LogP) is 1.64. The molecule has 0 radical (unpaired) electrons. The highest BCUT2D eigenvalue weighted by Crippen LogP contribution is 2.31. The van der Waals surface area contributed by atoms with E-state index >= 15 is 0 Å². The van der Waals surface area contributed by atoms with E-state index in [4.69, 9.17) is 10.4 Å². The monoisotopic (exact) mass is 270 g/mol. The zero-order valence-corrected chi connectivity index (χ0v) is 9.33. The average molecular weight is 271 g/mol. The smallest absolute Gasteiger partial charge is 0.161 e. The zero-order valence-electron chi connectivity index (χ0n) is 7.74. The highest BCUT2D eigenvalue weighted by atomic mass is 79.9. The summed E-state index contributed by atoms with van der Waals surface area (Å²) < 4.78 is 13.9. The fourth-order valence-corrected chi connectivity index (χ4v) is 1.95. The number of aliphatic hydroxyl groups is 1. The van der Waals surface area contributed by atoms with Crippen molar-refractivity contribution in [3.63, 3.8) is 0 Å². The number of halogens is 2. The number of rotatable bonds is 1. The van der Waals surface area contributed by atoms with Gasteiger partial charge in [-0.15, -0.1) is 0 Å². The Balaban J connectivity index is 2.35. The van der Waals surface area contributed by atoms with Crippen molar-refractivity contribution >= 4 is 21.6 Å². The van der Waals surface area contributed by atoms with Gasteiger partial charge in [-0.05, 0) is 28.1 Å². The summed E-state index contributed by atoms with van der Waals surface area (Å²) in [6.07, 6.45) is -0.376. The highest BCUT2D eigenvalue weighted by molar-refractivity contribution is 9.10. The quantitative estimate of drug-likeness (QED) is 0.844. The fraction of sp³-hybridized carbons (Fsp3) is 0.300. The molecule has 1 fully saturated rings. The van der Waals surface area contributed by atoms with Gasteiger partial charge in [0.15, 0.2) is 5.82 Å². The van der Waals surface area contributed by atoms with Crippen LogP contribution in [0.4, 0.5) is 10.1 Å². The maximum atomic E-state index is 13.7. The lowest BCUT2D eigenvalue weighted by molar-refractivity contribution is 0.141. The summed E-state index contributed by atoms with van der Waals surface area (Å²) in [4.78, 5) is 1.73. The van der Waals surface area contributed by atoms with Crippen LogP contribution < -0.4 is 4.90 Å². The number of nitriles is 1. The predicted molar refractivity (Wildman–Crippen MR) is 57.0 cm³/mol. The third kappa shape index (κ3) is 1.71. The summed E-state index contributed by atoms with van der Waals surface area (Å²) in [5.41, 5.74) is 0.698. The number of β-amino-alcohol motifs (C(OH)–C–C–N with tert-alkyl or cyclic N) is 1. The molecule has 1 heterocycles. The lowest BCUT2D eigenvalue weighted by Gasteiger charge is -2.38. The molecule has 0 amide bonds. The van der Waals surface area contributed by atoms with Crippen LogP contribution in [-0.2, 0) is 0 Å². The lowest BCUT2D eigenvalue weighted by atomic mass is 10.1. The van der Waals surface area contributed by atoms with E-state index in [-0.39, 0.29) is 16.1 Å². The van der Waals surface area contributed by atoms with Crippen molar-refractivity contribution in [1.82, 2.24) is 0 Å². The lowest BCUT2D eigenvalue weighted by Crippen LogP contribution is -2.51. The zero-order chi connectivity index (χ0) is 11.0. The molecule has 3 nitrogen and oxygen atoms in total. The van der Waals surface area contributed by atoms with E-state index < -0.39 is 5.82 Å². The van der Waals surface area contributed by atoms with Crippen LogP contribution in [0.15, 0.2) is 16.6 Å². The van der Waals surface area contributed by atoms with Crippen molar-refractivity contribution in [2.45, 2.75) is 6.10 Å². The van der Waals surface area contributed by atoms with E-state index in [0.29, 0.717) is 18.8 Å². The van der Waals surface area contributed by atoms with Crippen molar-refractivity contribution in [2.24, 2.45) is 0 Å². The second kappa shape index (κ2) is 3.80. The molecule has 1 N–H and O–H groups in total. The van der Waals surface area contributed by atoms with Crippen LogP contribution in [-0.4, -0.2) is 24.3 Å². The van der Waals surface area contributed by atoms with E-state index in [2.05, 4.69) is 15.9 Å². The van der Waals surface area contributed by atoms with Crippen LogP contribution in [0.25, 0.3) is 0 Å². The van der Waals surface area contributed by atoms with Gasteiger partial charge in [0, 0.05) is 13.1 Å². The molecule has 1 aliphatic rings. The van der Waals surface area contributed by atoms with Crippen molar-refractivity contribution in [3.05, 3.63) is 28.0 Å². The van der Waals surface area contributed by atoms with Crippen LogP contribution in [0.3, 0.4) is 0 Å². The van der Waals surface area contributed by atoms with E-state index in [1.165, 1.54) is 0 Å². The van der Waals surface area contributed by atoms with Gasteiger partial charge in [-0.2, -0.15) is 5.26 Å². The number of aliphatic hydroxyl groups excluding tert-OH is 1. The van der Waals surface area contributed by atoms with Gasteiger partial charge in [0.2, 0.25) is 0 Å². The molecule has 0 bridgehead atoms. The van der Waals surface area contributed by atoms with Crippen molar-refractivity contribution < 1.29 is 9.50 Å².